The van der Waals surface area contributed by atoms with Gasteiger partial charge in [-0.05, 0) is 42.9 Å². The Labute approximate surface area is 105 Å². The topological polar surface area (TPSA) is 35.2 Å². The third-order valence-corrected chi connectivity index (χ3v) is 2.67. The number of ether oxygens (including phenoxy) is 1. The lowest BCUT2D eigenvalue weighted by atomic mass is 9.98. The van der Waals surface area contributed by atoms with Crippen LogP contribution in [0.2, 0.25) is 0 Å². The van der Waals surface area contributed by atoms with Gasteiger partial charge < -0.3 is 10.5 Å². The van der Waals surface area contributed by atoms with Crippen LogP contribution in [-0.2, 0) is 6.42 Å². The van der Waals surface area contributed by atoms with E-state index in [1.165, 1.54) is 5.56 Å². The van der Waals surface area contributed by atoms with Gasteiger partial charge in [0.15, 0.2) is 0 Å². The molecule has 0 aliphatic heterocycles. The minimum Gasteiger partial charge on any atom is -0.494 e. The molecular weight excluding hydrogens is 210 g/mol. The van der Waals surface area contributed by atoms with E-state index >= 15 is 0 Å². The molecule has 1 unspecified atom stereocenters. The molecule has 0 bridgehead atoms. The van der Waals surface area contributed by atoms with Gasteiger partial charge in [-0.1, -0.05) is 32.9 Å². The summed E-state index contributed by atoms with van der Waals surface area (Å²) in [6, 6.07) is 8.56. The molecule has 1 atom stereocenters. The highest BCUT2D eigenvalue weighted by molar-refractivity contribution is 5.27. The van der Waals surface area contributed by atoms with Crippen molar-refractivity contribution in [3.8, 4) is 5.75 Å². The van der Waals surface area contributed by atoms with Gasteiger partial charge in [-0.25, -0.2) is 0 Å². The Morgan fingerprint density at radius 3 is 2.35 bits per heavy atom. The molecule has 0 radical (unpaired) electrons. The smallest absolute Gasteiger partial charge is 0.119 e. The fourth-order valence-electron chi connectivity index (χ4n) is 1.93. The van der Waals surface area contributed by atoms with Gasteiger partial charge in [-0.2, -0.15) is 0 Å². The summed E-state index contributed by atoms with van der Waals surface area (Å²) >= 11 is 0. The second-order valence-corrected chi connectivity index (χ2v) is 5.09. The molecule has 0 amide bonds. The third kappa shape index (κ3) is 5.73. The van der Waals surface area contributed by atoms with E-state index in [-0.39, 0.29) is 6.04 Å². The molecule has 0 heterocycles. The Balaban J connectivity index is 2.44. The van der Waals surface area contributed by atoms with Gasteiger partial charge in [0.2, 0.25) is 0 Å². The van der Waals surface area contributed by atoms with Gasteiger partial charge in [-0.3, -0.25) is 0 Å². The molecule has 96 valence electrons. The predicted octanol–water partition coefficient (Wildman–Crippen LogP) is 3.39. The number of nitrogens with two attached hydrogens (primary N) is 1. The summed E-state index contributed by atoms with van der Waals surface area (Å²) in [4.78, 5) is 0. The molecule has 2 nitrogen and oxygen atoms in total. The monoisotopic (exact) mass is 235 g/mol. The maximum atomic E-state index is 6.09. The molecule has 0 aromatic heterocycles. The van der Waals surface area contributed by atoms with Gasteiger partial charge in [0.25, 0.3) is 0 Å². The molecular formula is C15H25NO. The second kappa shape index (κ2) is 7.33. The van der Waals surface area contributed by atoms with Crippen molar-refractivity contribution in [3.63, 3.8) is 0 Å². The molecule has 0 spiro atoms. The minimum absolute atomic E-state index is 0.261. The molecule has 0 saturated carbocycles. The Hall–Kier alpha value is -1.02. The van der Waals surface area contributed by atoms with Crippen molar-refractivity contribution < 1.29 is 4.74 Å². The molecule has 0 aliphatic rings. The number of hydrogen-bond donors (Lipinski definition) is 1. The zero-order valence-electron chi connectivity index (χ0n) is 11.3. The first-order chi connectivity index (χ1) is 8.11. The van der Waals surface area contributed by atoms with Crippen molar-refractivity contribution in [3.05, 3.63) is 29.8 Å². The van der Waals surface area contributed by atoms with E-state index < -0.39 is 0 Å². The summed E-state index contributed by atoms with van der Waals surface area (Å²) in [6.07, 6.45) is 3.07. The second-order valence-electron chi connectivity index (χ2n) is 5.09. The van der Waals surface area contributed by atoms with E-state index in [0.29, 0.717) is 5.92 Å². The van der Waals surface area contributed by atoms with Crippen molar-refractivity contribution in [1.29, 1.82) is 0 Å². The van der Waals surface area contributed by atoms with Crippen LogP contribution < -0.4 is 10.5 Å². The summed E-state index contributed by atoms with van der Waals surface area (Å²) in [5.74, 6) is 1.62. The Morgan fingerprint density at radius 2 is 1.82 bits per heavy atom. The first kappa shape index (κ1) is 14.0. The van der Waals surface area contributed by atoms with E-state index in [4.69, 9.17) is 10.5 Å². The van der Waals surface area contributed by atoms with Crippen LogP contribution in [0.1, 0.15) is 39.2 Å². The molecule has 2 heteroatoms. The Kier molecular flexibility index (Phi) is 6.06. The van der Waals surface area contributed by atoms with Gasteiger partial charge in [0.1, 0.15) is 5.75 Å². The molecule has 0 fully saturated rings. The summed E-state index contributed by atoms with van der Waals surface area (Å²) in [5, 5.41) is 0. The Bertz CT molecular complexity index is 305. The quantitative estimate of drug-likeness (QED) is 0.786. The SMILES string of the molecule is CCCOc1ccc(CC(N)CC(C)C)cc1. The molecule has 1 aromatic carbocycles. The first-order valence-corrected chi connectivity index (χ1v) is 6.59. The molecule has 0 aliphatic carbocycles. The lowest BCUT2D eigenvalue weighted by Gasteiger charge is -2.14. The van der Waals surface area contributed by atoms with E-state index in [1.807, 2.05) is 12.1 Å². The van der Waals surface area contributed by atoms with Crippen molar-refractivity contribution in [1.82, 2.24) is 0 Å². The van der Waals surface area contributed by atoms with Gasteiger partial charge in [-0.15, -0.1) is 0 Å². The molecule has 2 N–H and O–H groups in total. The van der Waals surface area contributed by atoms with E-state index in [2.05, 4.69) is 32.9 Å². The van der Waals surface area contributed by atoms with Crippen LogP contribution in [-0.4, -0.2) is 12.6 Å². The van der Waals surface area contributed by atoms with Gasteiger partial charge >= 0.3 is 0 Å². The molecule has 1 aromatic rings. The third-order valence-electron chi connectivity index (χ3n) is 2.67. The highest BCUT2D eigenvalue weighted by Crippen LogP contribution is 2.15. The van der Waals surface area contributed by atoms with Crippen LogP contribution in [0.15, 0.2) is 24.3 Å². The average molecular weight is 235 g/mol. The highest BCUT2D eigenvalue weighted by atomic mass is 16.5. The van der Waals surface area contributed by atoms with Crippen molar-refractivity contribution in [2.45, 2.75) is 46.1 Å². The fourth-order valence-corrected chi connectivity index (χ4v) is 1.93. The summed E-state index contributed by atoms with van der Waals surface area (Å²) in [6.45, 7) is 7.31. The van der Waals surface area contributed by atoms with Crippen LogP contribution >= 0.6 is 0 Å². The van der Waals surface area contributed by atoms with E-state index in [1.54, 1.807) is 0 Å². The van der Waals surface area contributed by atoms with Gasteiger partial charge in [0, 0.05) is 6.04 Å². The molecule has 1 rings (SSSR count). The highest BCUT2D eigenvalue weighted by Gasteiger charge is 2.06. The average Bonchev–Trinajstić information content (AvgIpc) is 2.27. The van der Waals surface area contributed by atoms with Crippen LogP contribution in [0.5, 0.6) is 5.75 Å². The standard InChI is InChI=1S/C15H25NO/c1-4-9-17-15-7-5-13(6-8-15)11-14(16)10-12(2)3/h5-8,12,14H,4,9-11,16H2,1-3H3. The fraction of sp³-hybridized carbons (Fsp3) is 0.600. The van der Waals surface area contributed by atoms with Crippen LogP contribution in [0, 0.1) is 5.92 Å². The maximum Gasteiger partial charge on any atom is 0.119 e. The number of rotatable bonds is 7. The normalized spacial score (nSPS) is 12.8. The lowest BCUT2D eigenvalue weighted by Crippen LogP contribution is -2.24. The maximum absolute atomic E-state index is 6.09. The van der Waals surface area contributed by atoms with Crippen molar-refractivity contribution in [2.24, 2.45) is 11.7 Å². The Morgan fingerprint density at radius 1 is 1.18 bits per heavy atom. The molecule has 0 saturated heterocycles. The van der Waals surface area contributed by atoms with Crippen molar-refractivity contribution >= 4 is 0 Å². The van der Waals surface area contributed by atoms with E-state index in [0.717, 1.165) is 31.6 Å². The summed E-state index contributed by atoms with van der Waals surface area (Å²) in [5.41, 5.74) is 7.39. The first-order valence-electron chi connectivity index (χ1n) is 6.59. The largest absolute Gasteiger partial charge is 0.494 e. The van der Waals surface area contributed by atoms with Crippen LogP contribution in [0.25, 0.3) is 0 Å². The zero-order valence-corrected chi connectivity index (χ0v) is 11.3. The minimum atomic E-state index is 0.261. The summed E-state index contributed by atoms with van der Waals surface area (Å²) < 4.78 is 5.55. The predicted molar refractivity (Wildman–Crippen MR) is 73.4 cm³/mol. The van der Waals surface area contributed by atoms with Crippen molar-refractivity contribution in [2.75, 3.05) is 6.61 Å². The van der Waals surface area contributed by atoms with E-state index in [9.17, 15) is 0 Å². The lowest BCUT2D eigenvalue weighted by molar-refractivity contribution is 0.317. The van der Waals surface area contributed by atoms with Gasteiger partial charge in [0.05, 0.1) is 6.61 Å². The molecule has 17 heavy (non-hydrogen) atoms. The number of hydrogen-bond acceptors (Lipinski definition) is 2. The van der Waals surface area contributed by atoms with Crippen LogP contribution in [0.3, 0.4) is 0 Å². The zero-order chi connectivity index (χ0) is 12.7. The number of benzene rings is 1. The summed E-state index contributed by atoms with van der Waals surface area (Å²) in [7, 11) is 0. The van der Waals surface area contributed by atoms with Crippen LogP contribution in [0.4, 0.5) is 0 Å².